The van der Waals surface area contributed by atoms with Crippen LogP contribution in [0.3, 0.4) is 0 Å². The molecule has 1 saturated heterocycles. The van der Waals surface area contributed by atoms with Gasteiger partial charge in [-0.15, -0.1) is 0 Å². The fourth-order valence-corrected chi connectivity index (χ4v) is 4.02. The van der Waals surface area contributed by atoms with Crippen LogP contribution in [0.5, 0.6) is 5.75 Å². The lowest BCUT2D eigenvalue weighted by Crippen LogP contribution is -2.38. The predicted molar refractivity (Wildman–Crippen MR) is 126 cm³/mol. The molecule has 0 bridgehead atoms. The van der Waals surface area contributed by atoms with Crippen LogP contribution in [0.1, 0.15) is 37.9 Å². The molecule has 0 aromatic heterocycles. The van der Waals surface area contributed by atoms with Crippen LogP contribution in [-0.2, 0) is 14.4 Å². The molecule has 0 radical (unpaired) electrons. The van der Waals surface area contributed by atoms with Gasteiger partial charge in [0.15, 0.2) is 0 Å². The van der Waals surface area contributed by atoms with Gasteiger partial charge in [-0.05, 0) is 55.1 Å². The molecular formula is C25H27ClN2O5. The molecule has 1 amide bonds. The van der Waals surface area contributed by atoms with Crippen LogP contribution in [0.25, 0.3) is 5.76 Å². The number of hydrogen-bond donors (Lipinski definition) is 1. The normalized spacial score (nSPS) is 17.6. The van der Waals surface area contributed by atoms with E-state index in [1.807, 2.05) is 13.8 Å². The minimum Gasteiger partial charge on any atom is -0.507 e. The van der Waals surface area contributed by atoms with Gasteiger partial charge in [-0.2, -0.15) is 0 Å². The van der Waals surface area contributed by atoms with E-state index in [2.05, 4.69) is 4.90 Å². The first kappa shape index (κ1) is 24.5. The van der Waals surface area contributed by atoms with Gasteiger partial charge in [0.1, 0.15) is 11.5 Å². The van der Waals surface area contributed by atoms with Gasteiger partial charge in [-0.1, -0.05) is 37.6 Å². The second-order valence-electron chi connectivity index (χ2n) is 7.69. The number of aliphatic hydroxyl groups excluding tert-OH is 1. The van der Waals surface area contributed by atoms with Crippen molar-refractivity contribution in [3.05, 3.63) is 70.3 Å². The highest BCUT2D eigenvalue weighted by Crippen LogP contribution is 2.39. The van der Waals surface area contributed by atoms with E-state index in [1.54, 1.807) is 48.5 Å². The summed E-state index contributed by atoms with van der Waals surface area (Å²) in [4.78, 5) is 41.0. The number of Topliss-reactive ketones (excluding diaryl/α,β-unsaturated/α-hetero) is 1. The van der Waals surface area contributed by atoms with E-state index >= 15 is 0 Å². The Hall–Kier alpha value is -3.16. The quantitative estimate of drug-likeness (QED) is 0.206. The minimum absolute atomic E-state index is 0.0158. The average Bonchev–Trinajstić information content (AvgIpc) is 3.05. The summed E-state index contributed by atoms with van der Waals surface area (Å²) < 4.78 is 5.10. The fourth-order valence-electron chi connectivity index (χ4n) is 3.89. The van der Waals surface area contributed by atoms with Crippen molar-refractivity contribution in [1.82, 2.24) is 9.80 Å². The molecule has 1 aliphatic rings. The number of amides is 1. The third kappa shape index (κ3) is 5.43. The van der Waals surface area contributed by atoms with Crippen molar-refractivity contribution in [1.29, 1.82) is 0 Å². The standard InChI is InChI=1S/C25H27ClN2O5/c1-4-27(5-2)14-15-28-22(17-8-12-20(13-9-17)33-16(3)29)21(24(31)25(28)32)23(30)18-6-10-19(26)11-7-18/h6-13,22,30H,4-5,14-15H2,1-3H3/b23-21-. The van der Waals surface area contributed by atoms with E-state index in [0.717, 1.165) is 13.1 Å². The Balaban J connectivity index is 2.07. The monoisotopic (exact) mass is 470 g/mol. The van der Waals surface area contributed by atoms with Gasteiger partial charge in [-0.3, -0.25) is 14.4 Å². The molecule has 1 aliphatic heterocycles. The van der Waals surface area contributed by atoms with Crippen molar-refractivity contribution >= 4 is 35.0 Å². The van der Waals surface area contributed by atoms with Crippen molar-refractivity contribution in [3.8, 4) is 5.75 Å². The van der Waals surface area contributed by atoms with Crippen molar-refractivity contribution in [2.75, 3.05) is 26.2 Å². The largest absolute Gasteiger partial charge is 0.507 e. The molecular weight excluding hydrogens is 444 g/mol. The molecule has 7 nitrogen and oxygen atoms in total. The molecule has 1 N–H and O–H groups in total. The van der Waals surface area contributed by atoms with Gasteiger partial charge in [0.05, 0.1) is 11.6 Å². The molecule has 1 heterocycles. The summed E-state index contributed by atoms with van der Waals surface area (Å²) in [5, 5.41) is 11.5. The molecule has 1 unspecified atom stereocenters. The number of ketones is 1. The van der Waals surface area contributed by atoms with Gasteiger partial charge >= 0.3 is 5.97 Å². The molecule has 1 fully saturated rings. The molecule has 2 aromatic carbocycles. The molecule has 3 rings (SSSR count). The second-order valence-corrected chi connectivity index (χ2v) is 8.13. The number of benzene rings is 2. The maximum Gasteiger partial charge on any atom is 0.308 e. The van der Waals surface area contributed by atoms with E-state index in [4.69, 9.17) is 16.3 Å². The van der Waals surface area contributed by atoms with Gasteiger partial charge in [-0.25, -0.2) is 0 Å². The first-order valence-electron chi connectivity index (χ1n) is 10.8. The summed E-state index contributed by atoms with van der Waals surface area (Å²) in [6, 6.07) is 12.2. The molecule has 0 saturated carbocycles. The van der Waals surface area contributed by atoms with Crippen LogP contribution in [0.4, 0.5) is 0 Å². The van der Waals surface area contributed by atoms with Gasteiger partial charge in [0, 0.05) is 30.6 Å². The Morgan fingerprint density at radius 1 is 1.06 bits per heavy atom. The summed E-state index contributed by atoms with van der Waals surface area (Å²) in [5.74, 6) is -1.76. The maximum absolute atomic E-state index is 13.1. The summed E-state index contributed by atoms with van der Waals surface area (Å²) >= 11 is 5.96. The Bertz CT molecular complexity index is 1060. The fraction of sp³-hybridized carbons (Fsp3) is 0.320. The first-order chi connectivity index (χ1) is 15.8. The van der Waals surface area contributed by atoms with Crippen LogP contribution in [0.2, 0.25) is 5.02 Å². The summed E-state index contributed by atoms with van der Waals surface area (Å²) in [6.07, 6.45) is 0. The lowest BCUT2D eigenvalue weighted by atomic mass is 9.95. The third-order valence-electron chi connectivity index (χ3n) is 5.67. The zero-order chi connectivity index (χ0) is 24.1. The Morgan fingerprint density at radius 3 is 2.21 bits per heavy atom. The number of nitrogens with zero attached hydrogens (tertiary/aromatic N) is 2. The third-order valence-corrected chi connectivity index (χ3v) is 5.92. The highest BCUT2D eigenvalue weighted by molar-refractivity contribution is 6.46. The van der Waals surface area contributed by atoms with Gasteiger partial charge in [0.25, 0.3) is 11.7 Å². The smallest absolute Gasteiger partial charge is 0.308 e. The highest BCUT2D eigenvalue weighted by Gasteiger charge is 2.45. The van der Waals surface area contributed by atoms with Crippen molar-refractivity contribution in [2.45, 2.75) is 26.8 Å². The van der Waals surface area contributed by atoms with Crippen LogP contribution in [-0.4, -0.2) is 58.7 Å². The number of ether oxygens (including phenoxy) is 1. The van der Waals surface area contributed by atoms with E-state index in [9.17, 15) is 19.5 Å². The van der Waals surface area contributed by atoms with Gasteiger partial charge < -0.3 is 19.6 Å². The first-order valence-corrected chi connectivity index (χ1v) is 11.2. The van der Waals surface area contributed by atoms with E-state index in [-0.39, 0.29) is 11.3 Å². The number of hydrogen-bond acceptors (Lipinski definition) is 6. The van der Waals surface area contributed by atoms with E-state index < -0.39 is 23.7 Å². The number of rotatable bonds is 8. The number of carbonyl (C=O) groups excluding carboxylic acids is 3. The maximum atomic E-state index is 13.1. The van der Waals surface area contributed by atoms with Crippen molar-refractivity contribution in [2.24, 2.45) is 0 Å². The number of halogens is 1. The summed E-state index contributed by atoms with van der Waals surface area (Å²) in [5.41, 5.74) is 1.03. The van der Waals surface area contributed by atoms with Gasteiger partial charge in [0.2, 0.25) is 0 Å². The number of esters is 1. The molecule has 0 spiro atoms. The van der Waals surface area contributed by atoms with Crippen LogP contribution in [0, 0.1) is 0 Å². The van der Waals surface area contributed by atoms with Crippen LogP contribution >= 0.6 is 11.6 Å². The summed E-state index contributed by atoms with van der Waals surface area (Å²) in [6.45, 7) is 7.90. The molecule has 1 atom stereocenters. The Kier molecular flexibility index (Phi) is 7.89. The highest BCUT2D eigenvalue weighted by atomic mass is 35.5. The average molecular weight is 471 g/mol. The predicted octanol–water partition coefficient (Wildman–Crippen LogP) is 4.03. The Morgan fingerprint density at radius 2 is 1.67 bits per heavy atom. The topological polar surface area (TPSA) is 87.2 Å². The SMILES string of the molecule is CCN(CC)CCN1C(=O)C(=O)/C(=C(\O)c2ccc(Cl)cc2)C1c1ccc(OC(C)=O)cc1. The summed E-state index contributed by atoms with van der Waals surface area (Å²) in [7, 11) is 0. The van der Waals surface area contributed by atoms with E-state index in [1.165, 1.54) is 11.8 Å². The lowest BCUT2D eigenvalue weighted by Gasteiger charge is -2.28. The van der Waals surface area contributed by atoms with E-state index in [0.29, 0.717) is 35.0 Å². The Labute approximate surface area is 198 Å². The zero-order valence-corrected chi connectivity index (χ0v) is 19.6. The lowest BCUT2D eigenvalue weighted by molar-refractivity contribution is -0.140. The number of likely N-dealkylation sites (tertiary alicyclic amines) is 1. The zero-order valence-electron chi connectivity index (χ0n) is 18.9. The molecule has 8 heteroatoms. The second kappa shape index (κ2) is 10.6. The van der Waals surface area contributed by atoms with Crippen molar-refractivity contribution < 1.29 is 24.2 Å². The molecule has 2 aromatic rings. The molecule has 33 heavy (non-hydrogen) atoms. The molecule has 0 aliphatic carbocycles. The van der Waals surface area contributed by atoms with Crippen LogP contribution in [0.15, 0.2) is 54.1 Å². The number of likely N-dealkylation sites (N-methyl/N-ethyl adjacent to an activating group) is 1. The number of carbonyl (C=O) groups is 3. The van der Waals surface area contributed by atoms with Crippen LogP contribution < -0.4 is 4.74 Å². The van der Waals surface area contributed by atoms with Crippen molar-refractivity contribution in [3.63, 3.8) is 0 Å². The molecule has 174 valence electrons. The minimum atomic E-state index is -0.775. The number of aliphatic hydroxyl groups is 1.